The molecule has 1 rings (SSSR count). The molecule has 0 amide bonds. The minimum atomic E-state index is -1.73. The second-order valence-electron chi connectivity index (χ2n) is 6.90. The second-order valence-corrected chi connectivity index (χ2v) is 11.7. The average Bonchev–Trinajstić information content (AvgIpc) is 2.35. The Hall–Kier alpha value is -0.643. The zero-order valence-corrected chi connectivity index (χ0v) is 14.1. The smallest absolute Gasteiger partial charge is 0.191 e. The molecule has 0 saturated heterocycles. The molecule has 0 aromatic heterocycles. The molecular weight excluding hydrogens is 252 g/mol. The van der Waals surface area contributed by atoms with Crippen LogP contribution in [0.5, 0.6) is 0 Å². The van der Waals surface area contributed by atoms with Crippen molar-refractivity contribution < 1.29 is 9.53 Å². The van der Waals surface area contributed by atoms with Crippen molar-refractivity contribution in [1.82, 2.24) is 0 Å². The van der Waals surface area contributed by atoms with Crippen LogP contribution in [0.25, 0.3) is 0 Å². The van der Waals surface area contributed by atoms with E-state index in [1.165, 1.54) is 0 Å². The quantitative estimate of drug-likeness (QED) is 0.811. The van der Waals surface area contributed by atoms with E-state index >= 15 is 0 Å². The van der Waals surface area contributed by atoms with Crippen LogP contribution < -0.4 is 0 Å². The Balaban J connectivity index is 2.59. The summed E-state index contributed by atoms with van der Waals surface area (Å²) in [5.41, 5.74) is 0.967. The van der Waals surface area contributed by atoms with Gasteiger partial charge in [0, 0.05) is 12.5 Å². The van der Waals surface area contributed by atoms with Gasteiger partial charge in [-0.1, -0.05) is 58.0 Å². The lowest BCUT2D eigenvalue weighted by molar-refractivity contribution is 0.0801. The molecule has 0 radical (unpaired) electrons. The molecule has 19 heavy (non-hydrogen) atoms. The van der Waals surface area contributed by atoms with Crippen LogP contribution in [0.4, 0.5) is 0 Å². The topological polar surface area (TPSA) is 29.5 Å². The third-order valence-corrected chi connectivity index (χ3v) is 8.69. The Morgan fingerprint density at radius 2 is 1.68 bits per heavy atom. The predicted molar refractivity (Wildman–Crippen MR) is 83.7 cm³/mol. The van der Waals surface area contributed by atoms with E-state index in [-0.39, 0.29) is 11.0 Å². The van der Waals surface area contributed by atoms with Gasteiger partial charge in [-0.05, 0) is 23.7 Å². The van der Waals surface area contributed by atoms with Crippen LogP contribution in [0.3, 0.4) is 0 Å². The van der Waals surface area contributed by atoms with Crippen molar-refractivity contribution in [3.63, 3.8) is 0 Å². The fraction of sp³-hybridized carbons (Fsp3) is 0.625. The van der Waals surface area contributed by atoms with Crippen molar-refractivity contribution in [2.75, 3.05) is 6.61 Å². The molecule has 0 aliphatic heterocycles. The maximum absolute atomic E-state index is 10.3. The van der Waals surface area contributed by atoms with Crippen LogP contribution in [0, 0.1) is 5.92 Å². The summed E-state index contributed by atoms with van der Waals surface area (Å²) in [5.74, 6) is 0.108. The Bertz CT molecular complexity index is 381. The SMILES string of the molecule is C[C@@H](CO[Si](C)(C)C(C)(C)C)[C@@H](O)c1ccccc1. The number of benzene rings is 1. The predicted octanol–water partition coefficient (Wildman–Crippen LogP) is 4.38. The number of aliphatic hydroxyl groups excluding tert-OH is 1. The molecule has 1 N–H and O–H groups in total. The van der Waals surface area contributed by atoms with Crippen LogP contribution in [0.1, 0.15) is 39.4 Å². The number of hydrogen-bond donors (Lipinski definition) is 1. The molecule has 0 spiro atoms. The number of hydrogen-bond acceptors (Lipinski definition) is 2. The molecule has 0 unspecified atom stereocenters. The monoisotopic (exact) mass is 280 g/mol. The van der Waals surface area contributed by atoms with Gasteiger partial charge in [-0.3, -0.25) is 0 Å². The van der Waals surface area contributed by atoms with Crippen LogP contribution in [-0.4, -0.2) is 20.0 Å². The fourth-order valence-corrected chi connectivity index (χ4v) is 2.74. The van der Waals surface area contributed by atoms with E-state index in [4.69, 9.17) is 4.43 Å². The minimum Gasteiger partial charge on any atom is -0.416 e. The van der Waals surface area contributed by atoms with E-state index in [0.29, 0.717) is 6.61 Å². The first-order chi connectivity index (χ1) is 8.65. The molecule has 0 heterocycles. The lowest BCUT2D eigenvalue weighted by Gasteiger charge is -2.37. The molecule has 0 aliphatic rings. The van der Waals surface area contributed by atoms with Crippen molar-refractivity contribution in [1.29, 1.82) is 0 Å². The number of aliphatic hydroxyl groups is 1. The Morgan fingerprint density at radius 1 is 1.16 bits per heavy atom. The summed E-state index contributed by atoms with van der Waals surface area (Å²) in [6, 6.07) is 9.81. The first-order valence-corrected chi connectivity index (χ1v) is 9.93. The Kier molecular flexibility index (Phi) is 5.36. The van der Waals surface area contributed by atoms with Crippen LogP contribution >= 0.6 is 0 Å². The van der Waals surface area contributed by atoms with Crippen molar-refractivity contribution in [2.24, 2.45) is 5.92 Å². The maximum atomic E-state index is 10.3. The lowest BCUT2D eigenvalue weighted by atomic mass is 9.98. The lowest BCUT2D eigenvalue weighted by Crippen LogP contribution is -2.42. The zero-order chi connectivity index (χ0) is 14.7. The molecule has 3 heteroatoms. The van der Waals surface area contributed by atoms with Gasteiger partial charge in [0.1, 0.15) is 0 Å². The van der Waals surface area contributed by atoms with Gasteiger partial charge in [0.2, 0.25) is 0 Å². The third-order valence-electron chi connectivity index (χ3n) is 4.19. The summed E-state index contributed by atoms with van der Waals surface area (Å²) in [5, 5.41) is 10.5. The fourth-order valence-electron chi connectivity index (χ4n) is 1.63. The molecular formula is C16H28O2Si. The summed E-state index contributed by atoms with van der Waals surface area (Å²) < 4.78 is 6.18. The molecule has 0 saturated carbocycles. The van der Waals surface area contributed by atoms with E-state index in [2.05, 4.69) is 33.9 Å². The summed E-state index contributed by atoms with van der Waals surface area (Å²) >= 11 is 0. The largest absolute Gasteiger partial charge is 0.416 e. The minimum absolute atomic E-state index is 0.108. The van der Waals surface area contributed by atoms with E-state index in [0.717, 1.165) is 5.56 Å². The van der Waals surface area contributed by atoms with E-state index in [1.54, 1.807) is 0 Å². The third kappa shape index (κ3) is 4.44. The zero-order valence-electron chi connectivity index (χ0n) is 13.1. The highest BCUT2D eigenvalue weighted by Gasteiger charge is 2.37. The van der Waals surface area contributed by atoms with E-state index < -0.39 is 14.4 Å². The standard InChI is InChI=1S/C16H28O2Si/c1-13(12-18-19(5,6)16(2,3)4)15(17)14-10-8-7-9-11-14/h7-11,13,15,17H,12H2,1-6H3/t13-,15+/m0/s1. The van der Waals surface area contributed by atoms with Gasteiger partial charge in [0.05, 0.1) is 6.10 Å². The van der Waals surface area contributed by atoms with Gasteiger partial charge in [-0.2, -0.15) is 0 Å². The first kappa shape index (κ1) is 16.4. The highest BCUT2D eigenvalue weighted by Crippen LogP contribution is 2.37. The highest BCUT2D eigenvalue weighted by molar-refractivity contribution is 6.74. The second kappa shape index (κ2) is 6.20. The first-order valence-electron chi connectivity index (χ1n) is 7.02. The van der Waals surface area contributed by atoms with Crippen LogP contribution in [0.2, 0.25) is 18.1 Å². The van der Waals surface area contributed by atoms with Crippen molar-refractivity contribution >= 4 is 8.32 Å². The summed E-state index contributed by atoms with van der Waals surface area (Å²) in [7, 11) is -1.73. The summed E-state index contributed by atoms with van der Waals surface area (Å²) in [6.07, 6.45) is -0.453. The van der Waals surface area contributed by atoms with Gasteiger partial charge in [-0.25, -0.2) is 0 Å². The van der Waals surface area contributed by atoms with Crippen molar-refractivity contribution in [3.8, 4) is 0 Å². The number of rotatable bonds is 5. The Morgan fingerprint density at radius 3 is 2.16 bits per heavy atom. The summed E-state index contributed by atoms with van der Waals surface area (Å²) in [6.45, 7) is 13.9. The van der Waals surface area contributed by atoms with Crippen molar-refractivity contribution in [2.45, 2.75) is 51.9 Å². The van der Waals surface area contributed by atoms with Crippen LogP contribution in [0.15, 0.2) is 30.3 Å². The molecule has 108 valence electrons. The highest BCUT2D eigenvalue weighted by atomic mass is 28.4. The van der Waals surface area contributed by atoms with Crippen molar-refractivity contribution in [3.05, 3.63) is 35.9 Å². The molecule has 2 nitrogen and oxygen atoms in total. The molecule has 1 aromatic rings. The molecule has 0 bridgehead atoms. The van der Waals surface area contributed by atoms with E-state index in [1.807, 2.05) is 37.3 Å². The molecule has 2 atom stereocenters. The average molecular weight is 280 g/mol. The van der Waals surface area contributed by atoms with Gasteiger partial charge >= 0.3 is 0 Å². The van der Waals surface area contributed by atoms with Gasteiger partial charge in [0.25, 0.3) is 0 Å². The van der Waals surface area contributed by atoms with Gasteiger partial charge in [-0.15, -0.1) is 0 Å². The Labute approximate surface area is 118 Å². The molecule has 0 fully saturated rings. The van der Waals surface area contributed by atoms with Crippen LogP contribution in [-0.2, 0) is 4.43 Å². The van der Waals surface area contributed by atoms with E-state index in [9.17, 15) is 5.11 Å². The normalized spacial score (nSPS) is 16.2. The molecule has 1 aromatic carbocycles. The summed E-state index contributed by atoms with van der Waals surface area (Å²) in [4.78, 5) is 0. The molecule has 0 aliphatic carbocycles. The maximum Gasteiger partial charge on any atom is 0.191 e. The van der Waals surface area contributed by atoms with Gasteiger partial charge in [0.15, 0.2) is 8.32 Å². The van der Waals surface area contributed by atoms with Gasteiger partial charge < -0.3 is 9.53 Å².